The molecular formula is C11H14N2O2S. The number of hydrogen-bond donors (Lipinski definition) is 0. The molecule has 0 aliphatic carbocycles. The van der Waals surface area contributed by atoms with E-state index < -0.39 is 9.84 Å². The lowest BCUT2D eigenvalue weighted by molar-refractivity contribution is 0.00754. The summed E-state index contributed by atoms with van der Waals surface area (Å²) in [5.41, 5.74) is 9.87. The van der Waals surface area contributed by atoms with Crippen LogP contribution in [0, 0.1) is 0 Å². The summed E-state index contributed by atoms with van der Waals surface area (Å²) in [6.07, 6.45) is 3.15. The standard InChI is InChI=1S/C11H14N2O2S/c1-2-3-4-10-5-7-11(8-6-10)16(14,15)9-13-12/h5-9H,2-4H2,1H3. The molecular weight excluding hydrogens is 224 g/mol. The van der Waals surface area contributed by atoms with Gasteiger partial charge in [-0.2, -0.15) is 4.79 Å². The van der Waals surface area contributed by atoms with Gasteiger partial charge in [0.25, 0.3) is 9.84 Å². The lowest BCUT2D eigenvalue weighted by Crippen LogP contribution is -2.02. The van der Waals surface area contributed by atoms with Crippen LogP contribution >= 0.6 is 0 Å². The van der Waals surface area contributed by atoms with Gasteiger partial charge in [0.05, 0.1) is 4.90 Å². The summed E-state index contributed by atoms with van der Waals surface area (Å²) >= 11 is 0. The van der Waals surface area contributed by atoms with E-state index in [2.05, 4.69) is 11.7 Å². The lowest BCUT2D eigenvalue weighted by Gasteiger charge is -2.00. The van der Waals surface area contributed by atoms with Crippen molar-refractivity contribution in [2.75, 3.05) is 0 Å². The normalized spacial score (nSPS) is 10.8. The molecule has 0 saturated carbocycles. The van der Waals surface area contributed by atoms with Crippen molar-refractivity contribution >= 4 is 15.4 Å². The zero-order valence-electron chi connectivity index (χ0n) is 9.13. The van der Waals surface area contributed by atoms with Gasteiger partial charge < -0.3 is 5.53 Å². The van der Waals surface area contributed by atoms with Crippen LogP contribution in [-0.2, 0) is 16.3 Å². The molecule has 1 rings (SSSR count). The zero-order chi connectivity index (χ0) is 12.0. The highest BCUT2D eigenvalue weighted by molar-refractivity contribution is 8.04. The Hall–Kier alpha value is -1.45. The van der Waals surface area contributed by atoms with Gasteiger partial charge in [-0.25, -0.2) is 8.42 Å². The van der Waals surface area contributed by atoms with Crippen molar-refractivity contribution in [3.8, 4) is 0 Å². The highest BCUT2D eigenvalue weighted by atomic mass is 32.2. The highest BCUT2D eigenvalue weighted by Crippen LogP contribution is 2.12. The predicted octanol–water partition coefficient (Wildman–Crippen LogP) is 2.06. The Balaban J connectivity index is 2.91. The van der Waals surface area contributed by atoms with E-state index in [0.717, 1.165) is 24.8 Å². The minimum absolute atomic E-state index is 0.144. The quantitative estimate of drug-likeness (QED) is 0.341. The van der Waals surface area contributed by atoms with Crippen LogP contribution in [0.25, 0.3) is 5.53 Å². The number of aryl methyl sites for hydroxylation is 1. The van der Waals surface area contributed by atoms with E-state index in [1.807, 2.05) is 0 Å². The molecule has 5 heteroatoms. The van der Waals surface area contributed by atoms with Crippen molar-refractivity contribution in [1.29, 1.82) is 0 Å². The third-order valence-corrected chi connectivity index (χ3v) is 3.56. The van der Waals surface area contributed by atoms with E-state index in [1.165, 1.54) is 12.1 Å². The van der Waals surface area contributed by atoms with E-state index >= 15 is 0 Å². The van der Waals surface area contributed by atoms with E-state index in [-0.39, 0.29) is 4.90 Å². The Morgan fingerprint density at radius 2 is 1.94 bits per heavy atom. The summed E-state index contributed by atoms with van der Waals surface area (Å²) in [4.78, 5) is 2.69. The first-order valence-electron chi connectivity index (χ1n) is 5.11. The minimum atomic E-state index is -3.59. The Morgan fingerprint density at radius 3 is 2.44 bits per heavy atom. The van der Waals surface area contributed by atoms with Crippen LogP contribution in [0.4, 0.5) is 0 Å². The molecule has 86 valence electrons. The summed E-state index contributed by atoms with van der Waals surface area (Å²) in [6.45, 7) is 2.11. The maximum absolute atomic E-state index is 11.4. The summed E-state index contributed by atoms with van der Waals surface area (Å²) < 4.78 is 22.9. The first-order chi connectivity index (χ1) is 7.60. The predicted molar refractivity (Wildman–Crippen MR) is 61.9 cm³/mol. The smallest absolute Gasteiger partial charge is 0.361 e. The van der Waals surface area contributed by atoms with Gasteiger partial charge in [0.15, 0.2) is 0 Å². The van der Waals surface area contributed by atoms with Crippen LogP contribution in [0.3, 0.4) is 0 Å². The van der Waals surface area contributed by atoms with E-state index in [9.17, 15) is 8.42 Å². The minimum Gasteiger partial charge on any atom is -0.361 e. The fourth-order valence-corrected chi connectivity index (χ4v) is 2.11. The molecule has 0 aliphatic rings. The molecule has 0 fully saturated rings. The SMILES string of the molecule is CCCCc1ccc(S(=O)(=O)C=[N+]=[N-])cc1. The van der Waals surface area contributed by atoms with Gasteiger partial charge in [0.2, 0.25) is 0 Å². The summed E-state index contributed by atoms with van der Waals surface area (Å²) in [5.74, 6) is 0. The van der Waals surface area contributed by atoms with E-state index in [1.54, 1.807) is 12.1 Å². The second kappa shape index (κ2) is 5.58. The van der Waals surface area contributed by atoms with Crippen molar-refractivity contribution < 1.29 is 13.2 Å². The zero-order valence-corrected chi connectivity index (χ0v) is 9.94. The fourth-order valence-electron chi connectivity index (χ4n) is 1.35. The van der Waals surface area contributed by atoms with Gasteiger partial charge in [0.1, 0.15) is 0 Å². The van der Waals surface area contributed by atoms with Gasteiger partial charge in [0, 0.05) is 0 Å². The van der Waals surface area contributed by atoms with Crippen molar-refractivity contribution in [1.82, 2.24) is 0 Å². The second-order valence-corrected chi connectivity index (χ2v) is 5.29. The Kier molecular flexibility index (Phi) is 4.40. The van der Waals surface area contributed by atoms with Crippen LogP contribution in [-0.4, -0.2) is 18.8 Å². The molecule has 0 N–H and O–H groups in total. The van der Waals surface area contributed by atoms with Crippen LogP contribution in [0.1, 0.15) is 25.3 Å². The third kappa shape index (κ3) is 3.29. The average Bonchev–Trinajstić information content (AvgIpc) is 2.27. The maximum Gasteiger partial charge on any atom is 0.374 e. The monoisotopic (exact) mass is 238 g/mol. The maximum atomic E-state index is 11.4. The molecule has 0 amide bonds. The number of hydrogen-bond acceptors (Lipinski definition) is 2. The third-order valence-electron chi connectivity index (χ3n) is 2.26. The molecule has 1 aromatic carbocycles. The first kappa shape index (κ1) is 12.6. The number of rotatable bonds is 5. The first-order valence-corrected chi connectivity index (χ1v) is 6.66. The number of nitrogens with zero attached hydrogens (tertiary/aromatic N) is 2. The Bertz CT molecular complexity index is 485. The molecule has 4 nitrogen and oxygen atoms in total. The molecule has 0 saturated heterocycles. The van der Waals surface area contributed by atoms with Crippen molar-refractivity contribution in [2.24, 2.45) is 0 Å². The van der Waals surface area contributed by atoms with Gasteiger partial charge in [-0.05, 0) is 30.5 Å². The molecule has 0 heterocycles. The van der Waals surface area contributed by atoms with Crippen molar-refractivity contribution in [3.63, 3.8) is 0 Å². The summed E-state index contributed by atoms with van der Waals surface area (Å²) in [7, 11) is -3.59. The van der Waals surface area contributed by atoms with E-state index in [4.69, 9.17) is 5.53 Å². The molecule has 0 aromatic heterocycles. The largest absolute Gasteiger partial charge is 0.374 e. The van der Waals surface area contributed by atoms with Gasteiger partial charge in [-0.1, -0.05) is 25.5 Å². The van der Waals surface area contributed by atoms with Crippen molar-refractivity contribution in [3.05, 3.63) is 35.4 Å². The average molecular weight is 238 g/mol. The van der Waals surface area contributed by atoms with Crippen LogP contribution in [0.15, 0.2) is 29.2 Å². The Labute approximate surface area is 95.5 Å². The molecule has 0 aliphatic heterocycles. The van der Waals surface area contributed by atoms with Crippen LogP contribution in [0.5, 0.6) is 0 Å². The number of unbranched alkanes of at least 4 members (excludes halogenated alkanes) is 1. The van der Waals surface area contributed by atoms with Gasteiger partial charge in [-0.15, -0.1) is 0 Å². The summed E-state index contributed by atoms with van der Waals surface area (Å²) in [6, 6.07) is 6.63. The summed E-state index contributed by atoms with van der Waals surface area (Å²) in [5, 5.41) is 0. The number of sulfone groups is 1. The molecule has 0 unspecified atom stereocenters. The second-order valence-electron chi connectivity index (χ2n) is 3.51. The molecule has 0 spiro atoms. The van der Waals surface area contributed by atoms with Crippen LogP contribution in [0.2, 0.25) is 0 Å². The molecule has 0 atom stereocenters. The lowest BCUT2D eigenvalue weighted by atomic mass is 10.1. The molecule has 16 heavy (non-hydrogen) atoms. The van der Waals surface area contributed by atoms with Gasteiger partial charge >= 0.3 is 5.55 Å². The van der Waals surface area contributed by atoms with Crippen LogP contribution < -0.4 is 0 Å². The van der Waals surface area contributed by atoms with Gasteiger partial charge in [-0.3, -0.25) is 0 Å². The molecule has 0 bridgehead atoms. The van der Waals surface area contributed by atoms with E-state index in [0.29, 0.717) is 5.55 Å². The molecule has 1 aromatic rings. The Morgan fingerprint density at radius 1 is 1.31 bits per heavy atom. The van der Waals surface area contributed by atoms with Crippen molar-refractivity contribution in [2.45, 2.75) is 31.1 Å². The molecule has 0 radical (unpaired) electrons. The topological polar surface area (TPSA) is 70.5 Å². The number of benzene rings is 1. The highest BCUT2D eigenvalue weighted by Gasteiger charge is 2.15. The fraction of sp³-hybridized carbons (Fsp3) is 0.364.